The van der Waals surface area contributed by atoms with Gasteiger partial charge < -0.3 is 10.6 Å². The summed E-state index contributed by atoms with van der Waals surface area (Å²) in [4.78, 5) is 19.2. The lowest BCUT2D eigenvalue weighted by Gasteiger charge is -2.11. The predicted octanol–water partition coefficient (Wildman–Crippen LogP) is 6.30. The fourth-order valence-electron chi connectivity index (χ4n) is 2.59. The van der Waals surface area contributed by atoms with E-state index in [1.165, 1.54) is 11.9 Å². The molecule has 2 aromatic carbocycles. The number of hydrogen-bond acceptors (Lipinski definition) is 6. The third kappa shape index (κ3) is 4.68. The highest BCUT2D eigenvalue weighted by molar-refractivity contribution is 6.35. The molecule has 7 nitrogen and oxygen atoms in total. The second-order valence-electron chi connectivity index (χ2n) is 6.36. The summed E-state index contributed by atoms with van der Waals surface area (Å²) in [7, 11) is 0. The van der Waals surface area contributed by atoms with Gasteiger partial charge in [0.05, 0.1) is 4.92 Å². The van der Waals surface area contributed by atoms with Crippen LogP contribution in [0, 0.1) is 10.1 Å². The fourth-order valence-corrected chi connectivity index (χ4v) is 3.11. The Morgan fingerprint density at radius 3 is 1.96 bits per heavy atom. The van der Waals surface area contributed by atoms with Crippen molar-refractivity contribution < 1.29 is 4.92 Å². The highest BCUT2D eigenvalue weighted by atomic mass is 35.5. The number of anilines is 4. The largest absolute Gasteiger partial charge is 0.353 e. The van der Waals surface area contributed by atoms with Crippen molar-refractivity contribution in [3.8, 4) is 0 Å². The molecule has 0 spiro atoms. The Labute approximate surface area is 171 Å². The molecule has 0 atom stereocenters. The minimum Gasteiger partial charge on any atom is -0.334 e. The number of hydrogen-bond donors (Lipinski definition) is 2. The molecule has 0 saturated heterocycles. The lowest BCUT2D eigenvalue weighted by molar-refractivity contribution is -0.383. The van der Waals surface area contributed by atoms with E-state index in [2.05, 4.69) is 34.4 Å². The third-order valence-electron chi connectivity index (χ3n) is 3.97. The zero-order valence-electron chi connectivity index (χ0n) is 15.1. The van der Waals surface area contributed by atoms with Gasteiger partial charge in [-0.2, -0.15) is 0 Å². The fraction of sp³-hybridized carbons (Fsp3) is 0.158. The zero-order chi connectivity index (χ0) is 20.3. The molecule has 0 bridgehead atoms. The van der Waals surface area contributed by atoms with Gasteiger partial charge in [-0.1, -0.05) is 49.2 Å². The van der Waals surface area contributed by atoms with Gasteiger partial charge in [0.2, 0.25) is 11.6 Å². The van der Waals surface area contributed by atoms with E-state index >= 15 is 0 Å². The molecule has 0 amide bonds. The van der Waals surface area contributed by atoms with Gasteiger partial charge in [0.1, 0.15) is 6.33 Å². The molecule has 0 radical (unpaired) electrons. The van der Waals surface area contributed by atoms with Crippen LogP contribution >= 0.6 is 23.2 Å². The Kier molecular flexibility index (Phi) is 5.96. The van der Waals surface area contributed by atoms with E-state index in [1.54, 1.807) is 18.2 Å². The first-order valence-electron chi connectivity index (χ1n) is 8.43. The summed E-state index contributed by atoms with van der Waals surface area (Å²) in [6.45, 7) is 4.19. The maximum absolute atomic E-state index is 11.7. The van der Waals surface area contributed by atoms with Crippen molar-refractivity contribution in [2.75, 3.05) is 10.6 Å². The van der Waals surface area contributed by atoms with Crippen molar-refractivity contribution in [3.05, 3.63) is 74.5 Å². The summed E-state index contributed by atoms with van der Waals surface area (Å²) < 4.78 is 0. The van der Waals surface area contributed by atoms with Crippen LogP contribution in [0.3, 0.4) is 0 Å². The van der Waals surface area contributed by atoms with E-state index in [0.29, 0.717) is 27.3 Å². The summed E-state index contributed by atoms with van der Waals surface area (Å²) in [5, 5.41) is 18.4. The Balaban J connectivity index is 1.94. The van der Waals surface area contributed by atoms with Crippen LogP contribution in [-0.4, -0.2) is 14.9 Å². The van der Waals surface area contributed by atoms with E-state index in [1.807, 2.05) is 24.3 Å². The molecule has 0 aliphatic rings. The first-order valence-corrected chi connectivity index (χ1v) is 9.18. The summed E-state index contributed by atoms with van der Waals surface area (Å²) in [6, 6.07) is 12.4. The number of nitrogens with one attached hydrogen (secondary N) is 2. The van der Waals surface area contributed by atoms with E-state index < -0.39 is 4.92 Å². The first-order chi connectivity index (χ1) is 13.3. The molecular formula is C19H17Cl2N5O2. The monoisotopic (exact) mass is 417 g/mol. The minimum absolute atomic E-state index is 0.0274. The van der Waals surface area contributed by atoms with Gasteiger partial charge in [0, 0.05) is 21.4 Å². The number of nitrogens with zero attached hydrogens (tertiary/aromatic N) is 3. The standard InChI is InChI=1S/C19H17Cl2N5O2/c1-11(2)12-3-5-15(6-4-12)24-18-17(26(27)28)19(23-10-22-18)25-16-8-13(20)7-14(21)9-16/h3-11H,1-2H3,(H2,22,23,24,25). The molecule has 0 fully saturated rings. The average Bonchev–Trinajstić information content (AvgIpc) is 2.61. The van der Waals surface area contributed by atoms with Gasteiger partial charge in [0.15, 0.2) is 0 Å². The van der Waals surface area contributed by atoms with Gasteiger partial charge in [-0.05, 0) is 41.8 Å². The normalized spacial score (nSPS) is 10.8. The second-order valence-corrected chi connectivity index (χ2v) is 7.23. The molecular weight excluding hydrogens is 401 g/mol. The number of benzene rings is 2. The number of aromatic nitrogens is 2. The number of halogens is 2. The molecule has 2 N–H and O–H groups in total. The highest BCUT2D eigenvalue weighted by Gasteiger charge is 2.23. The summed E-state index contributed by atoms with van der Waals surface area (Å²) in [5.41, 5.74) is 2.05. The van der Waals surface area contributed by atoms with Gasteiger partial charge in [-0.15, -0.1) is 0 Å². The molecule has 3 rings (SSSR count). The third-order valence-corrected chi connectivity index (χ3v) is 4.41. The summed E-state index contributed by atoms with van der Waals surface area (Å²) in [5.74, 6) is 0.496. The molecule has 1 aromatic heterocycles. The number of rotatable bonds is 6. The maximum atomic E-state index is 11.7. The van der Waals surface area contributed by atoms with Gasteiger partial charge in [-0.25, -0.2) is 9.97 Å². The van der Waals surface area contributed by atoms with Crippen molar-refractivity contribution in [3.63, 3.8) is 0 Å². The van der Waals surface area contributed by atoms with Crippen molar-refractivity contribution in [2.45, 2.75) is 19.8 Å². The minimum atomic E-state index is -0.542. The quantitative estimate of drug-likeness (QED) is 0.360. The van der Waals surface area contributed by atoms with E-state index in [4.69, 9.17) is 23.2 Å². The summed E-state index contributed by atoms with van der Waals surface area (Å²) >= 11 is 12.0. The first kappa shape index (κ1) is 19.9. The topological polar surface area (TPSA) is 93.0 Å². The van der Waals surface area contributed by atoms with Crippen LogP contribution in [0.4, 0.5) is 28.7 Å². The van der Waals surface area contributed by atoms with Crippen molar-refractivity contribution in [2.24, 2.45) is 0 Å². The molecule has 28 heavy (non-hydrogen) atoms. The Morgan fingerprint density at radius 1 is 0.929 bits per heavy atom. The van der Waals surface area contributed by atoms with E-state index in [0.717, 1.165) is 0 Å². The van der Waals surface area contributed by atoms with Crippen LogP contribution in [-0.2, 0) is 0 Å². The van der Waals surface area contributed by atoms with E-state index in [9.17, 15) is 10.1 Å². The van der Waals surface area contributed by atoms with Gasteiger partial charge in [-0.3, -0.25) is 10.1 Å². The molecule has 0 aliphatic heterocycles. The Morgan fingerprint density at radius 2 is 1.46 bits per heavy atom. The molecule has 0 aliphatic carbocycles. The van der Waals surface area contributed by atoms with Crippen LogP contribution in [0.1, 0.15) is 25.3 Å². The zero-order valence-corrected chi connectivity index (χ0v) is 16.6. The smallest absolute Gasteiger partial charge is 0.334 e. The lowest BCUT2D eigenvalue weighted by Crippen LogP contribution is -2.05. The molecule has 144 valence electrons. The van der Waals surface area contributed by atoms with Crippen LogP contribution in [0.25, 0.3) is 0 Å². The molecule has 9 heteroatoms. The Bertz CT molecular complexity index is 989. The van der Waals surface area contributed by atoms with Crippen LogP contribution < -0.4 is 10.6 Å². The van der Waals surface area contributed by atoms with Gasteiger partial charge in [0.25, 0.3) is 0 Å². The second kappa shape index (κ2) is 8.41. The molecule has 0 saturated carbocycles. The molecule has 0 unspecified atom stereocenters. The average molecular weight is 418 g/mol. The predicted molar refractivity (Wildman–Crippen MR) is 112 cm³/mol. The highest BCUT2D eigenvalue weighted by Crippen LogP contribution is 2.34. The maximum Gasteiger partial charge on any atom is 0.353 e. The SMILES string of the molecule is CC(C)c1ccc(Nc2ncnc(Nc3cc(Cl)cc(Cl)c3)c2[N+](=O)[O-])cc1. The van der Waals surface area contributed by atoms with Crippen molar-refractivity contribution in [1.29, 1.82) is 0 Å². The number of nitro groups is 1. The van der Waals surface area contributed by atoms with Crippen LogP contribution in [0.2, 0.25) is 10.0 Å². The van der Waals surface area contributed by atoms with Crippen molar-refractivity contribution in [1.82, 2.24) is 9.97 Å². The van der Waals surface area contributed by atoms with E-state index in [-0.39, 0.29) is 17.3 Å². The lowest BCUT2D eigenvalue weighted by atomic mass is 10.0. The molecule has 1 heterocycles. The van der Waals surface area contributed by atoms with Crippen LogP contribution in [0.5, 0.6) is 0 Å². The van der Waals surface area contributed by atoms with Crippen molar-refractivity contribution >= 4 is 51.9 Å². The molecule has 3 aromatic rings. The van der Waals surface area contributed by atoms with Crippen LogP contribution in [0.15, 0.2) is 48.8 Å². The Hall–Kier alpha value is -2.90. The summed E-state index contributed by atoms with van der Waals surface area (Å²) in [6.07, 6.45) is 1.24. The van der Waals surface area contributed by atoms with Gasteiger partial charge >= 0.3 is 5.69 Å².